The van der Waals surface area contributed by atoms with Crippen molar-refractivity contribution >= 4 is 5.97 Å². The Labute approximate surface area is 102 Å². The lowest BCUT2D eigenvalue weighted by Gasteiger charge is -2.20. The standard InChI is InChI=1S/C13H20N2O2/c1-9-4-5-11(10(2)6-9)7-15(3)8-12(14)13(16)17/h4-6,12H,7-8,14H2,1-3H3,(H,16,17). The van der Waals surface area contributed by atoms with E-state index in [2.05, 4.69) is 32.0 Å². The van der Waals surface area contributed by atoms with Crippen LogP contribution in [0, 0.1) is 13.8 Å². The number of aliphatic carboxylic acids is 1. The van der Waals surface area contributed by atoms with E-state index < -0.39 is 12.0 Å². The minimum absolute atomic E-state index is 0.350. The molecule has 0 heterocycles. The van der Waals surface area contributed by atoms with E-state index in [1.807, 2.05) is 11.9 Å². The monoisotopic (exact) mass is 236 g/mol. The lowest BCUT2D eigenvalue weighted by molar-refractivity contribution is -0.138. The Morgan fingerprint density at radius 2 is 2.12 bits per heavy atom. The first-order valence-electron chi connectivity index (χ1n) is 5.63. The first-order chi connectivity index (χ1) is 7.90. The molecule has 3 N–H and O–H groups in total. The summed E-state index contributed by atoms with van der Waals surface area (Å²) in [6.45, 7) is 5.18. The summed E-state index contributed by atoms with van der Waals surface area (Å²) in [7, 11) is 1.88. The first-order valence-corrected chi connectivity index (χ1v) is 5.63. The highest BCUT2D eigenvalue weighted by Crippen LogP contribution is 2.12. The zero-order chi connectivity index (χ0) is 13.0. The number of likely N-dealkylation sites (N-methyl/N-ethyl adjacent to an activating group) is 1. The molecule has 4 heteroatoms. The van der Waals surface area contributed by atoms with E-state index in [1.165, 1.54) is 16.7 Å². The molecule has 0 fully saturated rings. The molecule has 0 aromatic heterocycles. The number of carboxylic acids is 1. The second kappa shape index (κ2) is 5.80. The summed E-state index contributed by atoms with van der Waals surface area (Å²) >= 11 is 0. The van der Waals surface area contributed by atoms with E-state index in [4.69, 9.17) is 10.8 Å². The summed E-state index contributed by atoms with van der Waals surface area (Å²) in [5.41, 5.74) is 9.15. The quantitative estimate of drug-likeness (QED) is 0.804. The number of hydrogen-bond donors (Lipinski definition) is 2. The van der Waals surface area contributed by atoms with Crippen molar-refractivity contribution in [3.63, 3.8) is 0 Å². The molecule has 94 valence electrons. The zero-order valence-corrected chi connectivity index (χ0v) is 10.6. The van der Waals surface area contributed by atoms with Crippen molar-refractivity contribution < 1.29 is 9.90 Å². The molecule has 0 amide bonds. The van der Waals surface area contributed by atoms with Crippen molar-refractivity contribution in [3.05, 3.63) is 34.9 Å². The van der Waals surface area contributed by atoms with Gasteiger partial charge in [0.25, 0.3) is 0 Å². The summed E-state index contributed by atoms with van der Waals surface area (Å²) < 4.78 is 0. The fourth-order valence-electron chi connectivity index (χ4n) is 1.79. The molecule has 1 aromatic carbocycles. The van der Waals surface area contributed by atoms with Crippen LogP contribution in [0.3, 0.4) is 0 Å². The smallest absolute Gasteiger partial charge is 0.321 e. The van der Waals surface area contributed by atoms with Crippen molar-refractivity contribution in [1.82, 2.24) is 4.90 Å². The van der Waals surface area contributed by atoms with Crippen molar-refractivity contribution in [1.29, 1.82) is 0 Å². The summed E-state index contributed by atoms with van der Waals surface area (Å²) in [5.74, 6) is -0.961. The SMILES string of the molecule is Cc1ccc(CN(C)CC(N)C(=O)O)c(C)c1. The molecule has 4 nitrogen and oxygen atoms in total. The Bertz CT molecular complexity index is 404. The maximum absolute atomic E-state index is 10.6. The maximum atomic E-state index is 10.6. The van der Waals surface area contributed by atoms with Crippen molar-refractivity contribution in [2.24, 2.45) is 5.73 Å². The lowest BCUT2D eigenvalue weighted by Crippen LogP contribution is -2.40. The summed E-state index contributed by atoms with van der Waals surface area (Å²) in [4.78, 5) is 12.6. The van der Waals surface area contributed by atoms with Gasteiger partial charge in [-0.15, -0.1) is 0 Å². The Hall–Kier alpha value is -1.39. The van der Waals surface area contributed by atoms with Gasteiger partial charge in [0.15, 0.2) is 0 Å². The van der Waals surface area contributed by atoms with E-state index in [1.54, 1.807) is 0 Å². The number of carbonyl (C=O) groups is 1. The molecule has 0 aliphatic carbocycles. The highest BCUT2D eigenvalue weighted by Gasteiger charge is 2.14. The van der Waals surface area contributed by atoms with Crippen LogP contribution in [0.1, 0.15) is 16.7 Å². The predicted octanol–water partition coefficient (Wildman–Crippen LogP) is 1.15. The van der Waals surface area contributed by atoms with Crippen LogP contribution in [0.15, 0.2) is 18.2 Å². The topological polar surface area (TPSA) is 66.6 Å². The third-order valence-corrected chi connectivity index (χ3v) is 2.76. The van der Waals surface area contributed by atoms with Crippen LogP contribution in [0.2, 0.25) is 0 Å². The second-order valence-corrected chi connectivity index (χ2v) is 4.57. The molecule has 0 bridgehead atoms. The van der Waals surface area contributed by atoms with E-state index in [0.29, 0.717) is 13.1 Å². The fraction of sp³-hybridized carbons (Fsp3) is 0.462. The number of nitrogens with zero attached hydrogens (tertiary/aromatic N) is 1. The van der Waals surface area contributed by atoms with Crippen LogP contribution in [0.4, 0.5) is 0 Å². The molecule has 0 saturated carbocycles. The average Bonchev–Trinajstić information content (AvgIpc) is 2.22. The van der Waals surface area contributed by atoms with Crippen molar-refractivity contribution in [2.75, 3.05) is 13.6 Å². The number of benzene rings is 1. The summed E-state index contributed by atoms with van der Waals surface area (Å²) in [6, 6.07) is 5.44. The van der Waals surface area contributed by atoms with E-state index in [-0.39, 0.29) is 0 Å². The maximum Gasteiger partial charge on any atom is 0.321 e. The average molecular weight is 236 g/mol. The van der Waals surface area contributed by atoms with E-state index >= 15 is 0 Å². The zero-order valence-electron chi connectivity index (χ0n) is 10.6. The Morgan fingerprint density at radius 1 is 1.47 bits per heavy atom. The molecular formula is C13H20N2O2. The second-order valence-electron chi connectivity index (χ2n) is 4.57. The predicted molar refractivity (Wildman–Crippen MR) is 67.9 cm³/mol. The van der Waals surface area contributed by atoms with Gasteiger partial charge in [0.05, 0.1) is 0 Å². The molecule has 1 aromatic rings. The third-order valence-electron chi connectivity index (χ3n) is 2.76. The van der Waals surface area contributed by atoms with Crippen LogP contribution < -0.4 is 5.73 Å². The van der Waals surface area contributed by atoms with Crippen molar-refractivity contribution in [3.8, 4) is 0 Å². The van der Waals surface area contributed by atoms with Gasteiger partial charge in [-0.05, 0) is 32.0 Å². The summed E-state index contributed by atoms with van der Waals surface area (Å²) in [5, 5.41) is 8.74. The normalized spacial score (nSPS) is 12.8. The van der Waals surface area contributed by atoms with Gasteiger partial charge in [-0.25, -0.2) is 0 Å². The van der Waals surface area contributed by atoms with Gasteiger partial charge in [0, 0.05) is 13.1 Å². The van der Waals surface area contributed by atoms with E-state index in [9.17, 15) is 4.79 Å². The molecule has 1 unspecified atom stereocenters. The first kappa shape index (κ1) is 13.7. The molecule has 0 radical (unpaired) electrons. The van der Waals surface area contributed by atoms with Gasteiger partial charge in [0.2, 0.25) is 0 Å². The Kier molecular flexibility index (Phi) is 4.66. The largest absolute Gasteiger partial charge is 0.480 e. The van der Waals surface area contributed by atoms with Gasteiger partial charge in [-0.2, -0.15) is 0 Å². The van der Waals surface area contributed by atoms with Crippen LogP contribution in [-0.2, 0) is 11.3 Å². The molecule has 1 atom stereocenters. The van der Waals surface area contributed by atoms with Gasteiger partial charge >= 0.3 is 5.97 Å². The van der Waals surface area contributed by atoms with Gasteiger partial charge in [0.1, 0.15) is 6.04 Å². The Morgan fingerprint density at radius 3 is 2.65 bits per heavy atom. The van der Waals surface area contributed by atoms with E-state index in [0.717, 1.165) is 0 Å². The highest BCUT2D eigenvalue weighted by molar-refractivity contribution is 5.73. The minimum Gasteiger partial charge on any atom is -0.480 e. The molecule has 17 heavy (non-hydrogen) atoms. The van der Waals surface area contributed by atoms with Crippen LogP contribution in [0.25, 0.3) is 0 Å². The van der Waals surface area contributed by atoms with Gasteiger partial charge < -0.3 is 10.8 Å². The number of rotatable bonds is 5. The van der Waals surface area contributed by atoms with Crippen LogP contribution in [0.5, 0.6) is 0 Å². The Balaban J connectivity index is 2.62. The minimum atomic E-state index is -0.961. The summed E-state index contributed by atoms with van der Waals surface area (Å²) in [6.07, 6.45) is 0. The molecule has 0 aliphatic heterocycles. The number of aryl methyl sites for hydroxylation is 2. The molecule has 0 aliphatic rings. The molecule has 0 saturated heterocycles. The van der Waals surface area contributed by atoms with Gasteiger partial charge in [-0.3, -0.25) is 9.69 Å². The molecular weight excluding hydrogens is 216 g/mol. The lowest BCUT2D eigenvalue weighted by atomic mass is 10.1. The highest BCUT2D eigenvalue weighted by atomic mass is 16.4. The fourth-order valence-corrected chi connectivity index (χ4v) is 1.79. The number of nitrogens with two attached hydrogens (primary N) is 1. The van der Waals surface area contributed by atoms with Crippen molar-refractivity contribution in [2.45, 2.75) is 26.4 Å². The van der Waals surface area contributed by atoms with Crippen LogP contribution in [-0.4, -0.2) is 35.6 Å². The number of carboxylic acid groups (broad SMARTS) is 1. The molecule has 1 rings (SSSR count). The molecule has 0 spiro atoms. The third kappa shape index (κ3) is 4.17. The number of hydrogen-bond acceptors (Lipinski definition) is 3. The van der Waals surface area contributed by atoms with Gasteiger partial charge in [-0.1, -0.05) is 23.8 Å². The van der Waals surface area contributed by atoms with Crippen LogP contribution >= 0.6 is 0 Å².